The van der Waals surface area contributed by atoms with Crippen molar-refractivity contribution in [1.29, 1.82) is 0 Å². The number of benzene rings is 2. The Morgan fingerprint density at radius 2 is 1.78 bits per heavy atom. The first kappa shape index (κ1) is 11.3. The van der Waals surface area contributed by atoms with Crippen molar-refractivity contribution in [3.63, 3.8) is 0 Å². The summed E-state index contributed by atoms with van der Waals surface area (Å²) in [7, 11) is 0. The SMILES string of the molecule is C[C@H](N)c1ccc(N2CCc3ccccc32)cc1. The van der Waals surface area contributed by atoms with Crippen LogP contribution in [0.5, 0.6) is 0 Å². The lowest BCUT2D eigenvalue weighted by atomic mass is 10.1. The van der Waals surface area contributed by atoms with Crippen LogP contribution in [-0.4, -0.2) is 6.54 Å². The van der Waals surface area contributed by atoms with Crippen LogP contribution >= 0.6 is 0 Å². The molecule has 18 heavy (non-hydrogen) atoms. The maximum Gasteiger partial charge on any atom is 0.0444 e. The molecule has 0 spiro atoms. The molecule has 0 aromatic heterocycles. The molecule has 0 aliphatic carbocycles. The number of hydrogen-bond acceptors (Lipinski definition) is 2. The highest BCUT2D eigenvalue weighted by atomic mass is 15.2. The highest BCUT2D eigenvalue weighted by molar-refractivity contribution is 5.69. The topological polar surface area (TPSA) is 29.3 Å². The van der Waals surface area contributed by atoms with Crippen molar-refractivity contribution in [1.82, 2.24) is 0 Å². The number of nitrogens with two attached hydrogens (primary N) is 1. The van der Waals surface area contributed by atoms with E-state index in [0.29, 0.717) is 0 Å². The Morgan fingerprint density at radius 3 is 2.50 bits per heavy atom. The van der Waals surface area contributed by atoms with Crippen LogP contribution < -0.4 is 10.6 Å². The van der Waals surface area contributed by atoms with E-state index in [9.17, 15) is 0 Å². The third-order valence-corrected chi connectivity index (χ3v) is 3.62. The van der Waals surface area contributed by atoms with Gasteiger partial charge in [-0.2, -0.15) is 0 Å². The minimum absolute atomic E-state index is 0.102. The molecule has 2 aromatic rings. The van der Waals surface area contributed by atoms with Gasteiger partial charge in [0.05, 0.1) is 0 Å². The van der Waals surface area contributed by atoms with Crippen molar-refractivity contribution < 1.29 is 0 Å². The van der Waals surface area contributed by atoms with E-state index in [1.807, 2.05) is 6.92 Å². The number of anilines is 2. The van der Waals surface area contributed by atoms with Gasteiger partial charge in [-0.15, -0.1) is 0 Å². The van der Waals surface area contributed by atoms with Crippen LogP contribution in [0.1, 0.15) is 24.1 Å². The number of nitrogens with zero attached hydrogens (tertiary/aromatic N) is 1. The molecule has 1 aliphatic rings. The highest BCUT2D eigenvalue weighted by Gasteiger charge is 2.19. The van der Waals surface area contributed by atoms with Gasteiger partial charge in [-0.1, -0.05) is 30.3 Å². The van der Waals surface area contributed by atoms with E-state index in [1.165, 1.54) is 22.5 Å². The summed E-state index contributed by atoms with van der Waals surface area (Å²) in [5.41, 5.74) is 11.1. The Labute approximate surface area is 108 Å². The van der Waals surface area contributed by atoms with Gasteiger partial charge < -0.3 is 10.6 Å². The maximum atomic E-state index is 5.88. The molecule has 0 unspecified atom stereocenters. The van der Waals surface area contributed by atoms with Gasteiger partial charge in [0.25, 0.3) is 0 Å². The summed E-state index contributed by atoms with van der Waals surface area (Å²) in [5, 5.41) is 0. The van der Waals surface area contributed by atoms with Crippen LogP contribution in [0.4, 0.5) is 11.4 Å². The molecule has 2 N–H and O–H groups in total. The van der Waals surface area contributed by atoms with E-state index in [2.05, 4.69) is 53.4 Å². The molecular formula is C16H18N2. The first-order valence-electron chi connectivity index (χ1n) is 6.47. The van der Waals surface area contributed by atoms with Gasteiger partial charge >= 0.3 is 0 Å². The molecule has 2 nitrogen and oxygen atoms in total. The molecule has 0 radical (unpaired) electrons. The summed E-state index contributed by atoms with van der Waals surface area (Å²) in [5.74, 6) is 0. The summed E-state index contributed by atoms with van der Waals surface area (Å²) < 4.78 is 0. The van der Waals surface area contributed by atoms with Crippen molar-refractivity contribution in [2.45, 2.75) is 19.4 Å². The van der Waals surface area contributed by atoms with E-state index in [4.69, 9.17) is 5.73 Å². The van der Waals surface area contributed by atoms with Crippen LogP contribution in [0.25, 0.3) is 0 Å². The molecular weight excluding hydrogens is 220 g/mol. The molecule has 2 aromatic carbocycles. The monoisotopic (exact) mass is 238 g/mol. The molecule has 0 bridgehead atoms. The normalized spacial score (nSPS) is 15.6. The van der Waals surface area contributed by atoms with E-state index in [-0.39, 0.29) is 6.04 Å². The van der Waals surface area contributed by atoms with Gasteiger partial charge in [-0.25, -0.2) is 0 Å². The lowest BCUT2D eigenvalue weighted by Crippen LogP contribution is -2.13. The van der Waals surface area contributed by atoms with E-state index in [0.717, 1.165) is 13.0 Å². The van der Waals surface area contributed by atoms with Crippen molar-refractivity contribution in [3.8, 4) is 0 Å². The smallest absolute Gasteiger partial charge is 0.0444 e. The van der Waals surface area contributed by atoms with Crippen molar-refractivity contribution in [2.24, 2.45) is 5.73 Å². The van der Waals surface area contributed by atoms with Gasteiger partial charge in [-0.05, 0) is 42.7 Å². The highest BCUT2D eigenvalue weighted by Crippen LogP contribution is 2.34. The fourth-order valence-electron chi connectivity index (χ4n) is 2.56. The average Bonchev–Trinajstić information content (AvgIpc) is 2.82. The zero-order valence-corrected chi connectivity index (χ0v) is 10.6. The molecule has 3 rings (SSSR count). The van der Waals surface area contributed by atoms with Gasteiger partial charge in [-0.3, -0.25) is 0 Å². The van der Waals surface area contributed by atoms with E-state index < -0.39 is 0 Å². The lowest BCUT2D eigenvalue weighted by molar-refractivity contribution is 0.818. The fraction of sp³-hybridized carbons (Fsp3) is 0.250. The lowest BCUT2D eigenvalue weighted by Gasteiger charge is -2.20. The molecule has 0 amide bonds. The van der Waals surface area contributed by atoms with E-state index in [1.54, 1.807) is 0 Å². The zero-order chi connectivity index (χ0) is 12.5. The van der Waals surface area contributed by atoms with Crippen LogP contribution in [0, 0.1) is 0 Å². The first-order valence-corrected chi connectivity index (χ1v) is 6.47. The standard InChI is InChI=1S/C16H18N2/c1-12(17)13-6-8-15(9-7-13)18-11-10-14-4-2-3-5-16(14)18/h2-9,12H,10-11,17H2,1H3/t12-/m0/s1. The average molecular weight is 238 g/mol. The quantitative estimate of drug-likeness (QED) is 0.868. The minimum atomic E-state index is 0.102. The van der Waals surface area contributed by atoms with Gasteiger partial charge in [0, 0.05) is 24.0 Å². The summed E-state index contributed by atoms with van der Waals surface area (Å²) in [6.07, 6.45) is 1.13. The second-order valence-corrected chi connectivity index (χ2v) is 4.91. The zero-order valence-electron chi connectivity index (χ0n) is 10.6. The van der Waals surface area contributed by atoms with Crippen LogP contribution in [0.3, 0.4) is 0 Å². The third-order valence-electron chi connectivity index (χ3n) is 3.62. The van der Waals surface area contributed by atoms with Crippen molar-refractivity contribution >= 4 is 11.4 Å². The molecule has 0 fully saturated rings. The summed E-state index contributed by atoms with van der Waals surface area (Å²) in [6, 6.07) is 17.3. The Bertz CT molecular complexity index is 543. The largest absolute Gasteiger partial charge is 0.341 e. The first-order chi connectivity index (χ1) is 8.75. The molecule has 1 heterocycles. The van der Waals surface area contributed by atoms with Crippen LogP contribution in [0.2, 0.25) is 0 Å². The Morgan fingerprint density at radius 1 is 1.06 bits per heavy atom. The van der Waals surface area contributed by atoms with Gasteiger partial charge in [0.1, 0.15) is 0 Å². The number of hydrogen-bond donors (Lipinski definition) is 1. The number of fused-ring (bicyclic) bond motifs is 1. The maximum absolute atomic E-state index is 5.88. The predicted molar refractivity (Wildman–Crippen MR) is 76.2 cm³/mol. The second-order valence-electron chi connectivity index (χ2n) is 4.91. The van der Waals surface area contributed by atoms with Gasteiger partial charge in [0.2, 0.25) is 0 Å². The molecule has 0 saturated carbocycles. The van der Waals surface area contributed by atoms with E-state index >= 15 is 0 Å². The summed E-state index contributed by atoms with van der Waals surface area (Å²) >= 11 is 0. The second kappa shape index (κ2) is 4.46. The van der Waals surface area contributed by atoms with Crippen molar-refractivity contribution in [2.75, 3.05) is 11.4 Å². The molecule has 1 atom stereocenters. The third kappa shape index (κ3) is 1.89. The van der Waals surface area contributed by atoms with Crippen LogP contribution in [0.15, 0.2) is 48.5 Å². The predicted octanol–water partition coefficient (Wildman–Crippen LogP) is 3.40. The van der Waals surface area contributed by atoms with Gasteiger partial charge in [0.15, 0.2) is 0 Å². The fourth-order valence-corrected chi connectivity index (χ4v) is 2.56. The summed E-state index contributed by atoms with van der Waals surface area (Å²) in [4.78, 5) is 2.38. The number of rotatable bonds is 2. The Kier molecular flexibility index (Phi) is 2.80. The molecule has 2 heteroatoms. The Hall–Kier alpha value is -1.80. The molecule has 92 valence electrons. The van der Waals surface area contributed by atoms with Crippen LogP contribution in [-0.2, 0) is 6.42 Å². The molecule has 0 saturated heterocycles. The Balaban J connectivity index is 1.93. The molecule has 1 aliphatic heterocycles. The summed E-state index contributed by atoms with van der Waals surface area (Å²) in [6.45, 7) is 3.08. The van der Waals surface area contributed by atoms with Crippen molar-refractivity contribution in [3.05, 3.63) is 59.7 Å². The number of para-hydroxylation sites is 1. The minimum Gasteiger partial charge on any atom is -0.341 e.